The Morgan fingerprint density at radius 2 is 0.977 bits per heavy atom. The van der Waals surface area contributed by atoms with Gasteiger partial charge in [-0.3, -0.25) is 0 Å². The molecular weight excluding hydrogens is 520 g/mol. The first-order valence-corrected chi connectivity index (χ1v) is 14.3. The first-order valence-electron chi connectivity index (χ1n) is 17.3. The molecule has 0 N–H and O–H groups in total. The van der Waals surface area contributed by atoms with Gasteiger partial charge in [-0.05, 0) is 66.2 Å². The average Bonchev–Trinajstić information content (AvgIpc) is 3.54. The molecule has 1 nitrogen and oxygen atoms in total. The van der Waals surface area contributed by atoms with Crippen molar-refractivity contribution >= 4 is 54.3 Å². The van der Waals surface area contributed by atoms with Crippen molar-refractivity contribution in [3.8, 4) is 33.4 Å². The third kappa shape index (κ3) is 3.65. The van der Waals surface area contributed by atoms with E-state index >= 15 is 0 Å². The van der Waals surface area contributed by atoms with Crippen LogP contribution in [0.15, 0.2) is 162 Å². The van der Waals surface area contributed by atoms with Crippen LogP contribution >= 0.6 is 0 Å². The maximum absolute atomic E-state index is 8.76. The lowest BCUT2D eigenvalue weighted by molar-refractivity contribution is 0.670. The first kappa shape index (κ1) is 18.7. The highest BCUT2D eigenvalue weighted by Gasteiger charge is 2.18. The zero-order chi connectivity index (χ0) is 33.6. The Kier molecular flexibility index (Phi) is 4.11. The molecular formula is C42H26O. The monoisotopic (exact) mass is 552 g/mol. The van der Waals surface area contributed by atoms with E-state index in [2.05, 4.69) is 97.1 Å². The molecule has 0 saturated carbocycles. The normalized spacial score (nSPS) is 13.7. The van der Waals surface area contributed by atoms with E-state index in [0.717, 1.165) is 33.0 Å². The number of furan rings is 1. The maximum atomic E-state index is 8.76. The third-order valence-corrected chi connectivity index (χ3v) is 8.43. The topological polar surface area (TPSA) is 13.1 Å². The molecule has 0 spiro atoms. The van der Waals surface area contributed by atoms with E-state index in [9.17, 15) is 0 Å². The number of hydrogen-bond donors (Lipinski definition) is 0. The second kappa shape index (κ2) is 9.44. The van der Waals surface area contributed by atoms with Crippen molar-refractivity contribution in [1.82, 2.24) is 0 Å². The first-order chi connectivity index (χ1) is 23.8. The predicted octanol–water partition coefficient (Wildman–Crippen LogP) is 12.0. The van der Waals surface area contributed by atoms with Gasteiger partial charge in [0.25, 0.3) is 0 Å². The summed E-state index contributed by atoms with van der Waals surface area (Å²) in [5.74, 6) is 0. The lowest BCUT2D eigenvalue weighted by atomic mass is 9.85. The fourth-order valence-corrected chi connectivity index (χ4v) is 6.57. The lowest BCUT2D eigenvalue weighted by Gasteiger charge is -2.18. The van der Waals surface area contributed by atoms with Gasteiger partial charge in [0.2, 0.25) is 0 Å². The Labute approximate surface area is 257 Å². The highest BCUT2D eigenvalue weighted by Crippen LogP contribution is 2.44. The van der Waals surface area contributed by atoms with E-state index in [1.807, 2.05) is 24.3 Å². The van der Waals surface area contributed by atoms with Crippen molar-refractivity contribution in [2.75, 3.05) is 0 Å². The van der Waals surface area contributed by atoms with Crippen molar-refractivity contribution < 1.29 is 12.6 Å². The summed E-state index contributed by atoms with van der Waals surface area (Å²) in [6.07, 6.45) is 0. The van der Waals surface area contributed by atoms with Gasteiger partial charge in [-0.1, -0.05) is 152 Å². The molecule has 0 unspecified atom stereocenters. The van der Waals surface area contributed by atoms with Gasteiger partial charge >= 0.3 is 0 Å². The summed E-state index contributed by atoms with van der Waals surface area (Å²) in [4.78, 5) is 0. The van der Waals surface area contributed by atoms with Crippen molar-refractivity contribution in [2.45, 2.75) is 0 Å². The molecule has 9 aromatic rings. The van der Waals surface area contributed by atoms with Crippen LogP contribution in [0, 0.1) is 0 Å². The van der Waals surface area contributed by atoms with Crippen LogP contribution in [-0.4, -0.2) is 0 Å². The van der Waals surface area contributed by atoms with Crippen LogP contribution in [0.25, 0.3) is 87.6 Å². The molecule has 0 atom stereocenters. The molecule has 1 aromatic heterocycles. The molecule has 0 saturated heterocycles. The van der Waals surface area contributed by atoms with Gasteiger partial charge in [-0.15, -0.1) is 0 Å². The Morgan fingerprint density at radius 3 is 1.65 bits per heavy atom. The molecule has 0 aliphatic carbocycles. The fraction of sp³-hybridized carbons (Fsp3) is 0. The Bertz CT molecular complexity index is 2760. The van der Waals surface area contributed by atoms with E-state index in [4.69, 9.17) is 12.6 Å². The van der Waals surface area contributed by atoms with Crippen molar-refractivity contribution in [3.05, 3.63) is 158 Å². The standard InChI is InChI=1S/C42H26O/c1-2-12-29(13-3-1)39-33-15-6-8-17-35(33)40(36-18-9-7-16-34(36)39)30-23-21-28(22-24-30)32-19-10-20-37-41-31-14-5-4-11-27(31)25-26-38(41)43-42(32)37/h1-26H/i4D,5D,11D,14D,25D,26D. The Morgan fingerprint density at radius 1 is 0.419 bits per heavy atom. The van der Waals surface area contributed by atoms with Crippen LogP contribution in [0.1, 0.15) is 8.22 Å². The SMILES string of the molecule is [2H]c1c([2H])c([2H])c2c(c1[2H])c([2H])c([2H])c1oc3c(-c4ccc(-c5c6ccccc6c(-c6ccccc6)c6ccccc56)cc4)cccc3c12. The summed E-state index contributed by atoms with van der Waals surface area (Å²) >= 11 is 0. The van der Waals surface area contributed by atoms with Crippen molar-refractivity contribution in [1.29, 1.82) is 0 Å². The largest absolute Gasteiger partial charge is 0.455 e. The second-order valence-corrected chi connectivity index (χ2v) is 10.8. The molecule has 43 heavy (non-hydrogen) atoms. The van der Waals surface area contributed by atoms with E-state index < -0.39 is 6.04 Å². The lowest BCUT2D eigenvalue weighted by Crippen LogP contribution is -1.90. The Balaban J connectivity index is 1.26. The molecule has 1 heterocycles. The summed E-state index contributed by atoms with van der Waals surface area (Å²) in [7, 11) is 0. The van der Waals surface area contributed by atoms with Crippen LogP contribution in [0.3, 0.4) is 0 Å². The van der Waals surface area contributed by atoms with E-state index in [1.54, 1.807) is 0 Å². The van der Waals surface area contributed by atoms with Gasteiger partial charge in [0.1, 0.15) is 11.2 Å². The van der Waals surface area contributed by atoms with E-state index in [-0.39, 0.29) is 46.6 Å². The zero-order valence-electron chi connectivity index (χ0n) is 29.0. The second-order valence-electron chi connectivity index (χ2n) is 10.8. The average molecular weight is 553 g/mol. The maximum Gasteiger partial charge on any atom is 0.143 e. The highest BCUT2D eigenvalue weighted by molar-refractivity contribution is 6.22. The molecule has 8 aromatic carbocycles. The van der Waals surface area contributed by atoms with Gasteiger partial charge < -0.3 is 4.42 Å². The summed E-state index contributed by atoms with van der Waals surface area (Å²) in [5, 5.41) is 5.98. The Hall–Kier alpha value is -5.66. The van der Waals surface area contributed by atoms with Crippen LogP contribution in [-0.2, 0) is 0 Å². The number of hydrogen-bond acceptors (Lipinski definition) is 1. The molecule has 200 valence electrons. The summed E-state index contributed by atoms with van der Waals surface area (Å²) in [6.45, 7) is 0. The van der Waals surface area contributed by atoms with Gasteiger partial charge in [0, 0.05) is 16.3 Å². The molecule has 0 amide bonds. The van der Waals surface area contributed by atoms with Crippen molar-refractivity contribution in [2.24, 2.45) is 0 Å². The summed E-state index contributed by atoms with van der Waals surface area (Å²) in [6, 6.07) is 39.8. The molecule has 0 fully saturated rings. The summed E-state index contributed by atoms with van der Waals surface area (Å²) in [5.41, 5.74) is 6.93. The third-order valence-electron chi connectivity index (χ3n) is 8.43. The summed E-state index contributed by atoms with van der Waals surface area (Å²) < 4.78 is 57.5. The minimum absolute atomic E-state index is 0.0266. The van der Waals surface area contributed by atoms with Crippen LogP contribution in [0.4, 0.5) is 0 Å². The predicted molar refractivity (Wildman–Crippen MR) is 183 cm³/mol. The zero-order valence-corrected chi connectivity index (χ0v) is 23.0. The molecule has 0 radical (unpaired) electrons. The van der Waals surface area contributed by atoms with Gasteiger partial charge in [-0.25, -0.2) is 0 Å². The number of para-hydroxylation sites is 1. The van der Waals surface area contributed by atoms with Crippen LogP contribution in [0.5, 0.6) is 0 Å². The van der Waals surface area contributed by atoms with Gasteiger partial charge in [0.15, 0.2) is 0 Å². The highest BCUT2D eigenvalue weighted by atomic mass is 16.3. The number of fused-ring (bicyclic) bond motifs is 7. The molecule has 0 aliphatic heterocycles. The number of benzene rings is 8. The number of rotatable bonds is 3. The molecule has 0 bridgehead atoms. The van der Waals surface area contributed by atoms with Crippen LogP contribution < -0.4 is 0 Å². The minimum atomic E-state index is -0.423. The fourth-order valence-electron chi connectivity index (χ4n) is 6.57. The quantitative estimate of drug-likeness (QED) is 0.199. The molecule has 9 rings (SSSR count). The van der Waals surface area contributed by atoms with E-state index in [1.165, 1.54) is 21.9 Å². The smallest absolute Gasteiger partial charge is 0.143 e. The molecule has 1 heteroatoms. The van der Waals surface area contributed by atoms with Gasteiger partial charge in [0.05, 0.1) is 8.22 Å². The van der Waals surface area contributed by atoms with Gasteiger partial charge in [-0.2, -0.15) is 0 Å². The van der Waals surface area contributed by atoms with E-state index in [0.29, 0.717) is 16.4 Å². The van der Waals surface area contributed by atoms with Crippen molar-refractivity contribution in [3.63, 3.8) is 0 Å². The molecule has 0 aliphatic rings. The minimum Gasteiger partial charge on any atom is -0.455 e. The van der Waals surface area contributed by atoms with Crippen LogP contribution in [0.2, 0.25) is 0 Å².